The van der Waals surface area contributed by atoms with Gasteiger partial charge in [-0.15, -0.1) is 0 Å². The van der Waals surface area contributed by atoms with Gasteiger partial charge in [-0.2, -0.15) is 30.4 Å². The van der Waals surface area contributed by atoms with Gasteiger partial charge in [0.15, 0.2) is 0 Å². The molecule has 1 aromatic rings. The second kappa shape index (κ2) is 7.82. The summed E-state index contributed by atoms with van der Waals surface area (Å²) in [4.78, 5) is 11.8. The molecule has 1 aromatic carbocycles. The third-order valence-corrected chi connectivity index (χ3v) is 4.25. The van der Waals surface area contributed by atoms with Gasteiger partial charge in [0.05, 0.1) is 0 Å². The Bertz CT molecular complexity index is 821. The molecule has 0 aromatic heterocycles. The van der Waals surface area contributed by atoms with Gasteiger partial charge in [0.2, 0.25) is 0 Å². The van der Waals surface area contributed by atoms with Crippen LogP contribution in [0.3, 0.4) is 0 Å². The number of amides is 1. The average Bonchev–Trinajstić information content (AvgIpc) is 2.46. The van der Waals surface area contributed by atoms with E-state index in [1.54, 1.807) is 20.8 Å². The predicted molar refractivity (Wildman–Crippen MR) is 90.6 cm³/mol. The zero-order valence-electron chi connectivity index (χ0n) is 15.7. The Hall–Kier alpha value is -1.95. The van der Waals surface area contributed by atoms with Crippen LogP contribution in [0.2, 0.25) is 0 Å². The van der Waals surface area contributed by atoms with Crippen LogP contribution in [0.25, 0.3) is 0 Å². The first-order valence-corrected chi connectivity index (χ1v) is 9.22. The summed E-state index contributed by atoms with van der Waals surface area (Å²) >= 11 is 0. The summed E-state index contributed by atoms with van der Waals surface area (Å²) < 4.78 is 95.2. The van der Waals surface area contributed by atoms with Crippen LogP contribution in [0.15, 0.2) is 12.1 Å². The molecule has 0 radical (unpaired) electrons. The Labute approximate surface area is 159 Å². The van der Waals surface area contributed by atoms with Crippen molar-refractivity contribution in [2.75, 3.05) is 11.9 Å². The minimum atomic E-state index is -6.15. The van der Waals surface area contributed by atoms with Gasteiger partial charge >= 0.3 is 21.7 Å². The van der Waals surface area contributed by atoms with E-state index >= 15 is 0 Å². The van der Waals surface area contributed by atoms with Crippen molar-refractivity contribution in [3.05, 3.63) is 28.8 Å². The summed E-state index contributed by atoms with van der Waals surface area (Å²) in [7, 11) is -6.15. The van der Waals surface area contributed by atoms with Crippen molar-refractivity contribution < 1.29 is 44.1 Å². The summed E-state index contributed by atoms with van der Waals surface area (Å²) in [6, 6.07) is 1.81. The van der Waals surface area contributed by atoms with Crippen LogP contribution in [-0.4, -0.2) is 32.2 Å². The number of anilines is 1. The number of aryl methyl sites for hydroxylation is 2. The van der Waals surface area contributed by atoms with E-state index in [9.17, 15) is 35.2 Å². The standard InChI is InChI=1S/C16H20F5NO5S/c1-9-6-11(15(17,18)8-26-28(24,25)16(19,20)21)7-10(2)12(9)22-13(23)27-14(3,4)5/h6-7H,8H2,1-5H3,(H,22,23). The number of hydrogen-bond donors (Lipinski definition) is 1. The molecule has 0 spiro atoms. The Balaban J connectivity index is 3.06. The highest BCUT2D eigenvalue weighted by molar-refractivity contribution is 7.87. The van der Waals surface area contributed by atoms with E-state index in [0.717, 1.165) is 12.1 Å². The average molecular weight is 433 g/mol. The number of rotatable bonds is 5. The van der Waals surface area contributed by atoms with Crippen molar-refractivity contribution in [3.63, 3.8) is 0 Å². The van der Waals surface area contributed by atoms with Gasteiger partial charge in [-0.3, -0.25) is 9.50 Å². The highest BCUT2D eigenvalue weighted by atomic mass is 32.2. The maximum atomic E-state index is 14.2. The molecule has 0 atom stereocenters. The van der Waals surface area contributed by atoms with Crippen LogP contribution in [0, 0.1) is 13.8 Å². The molecule has 0 aliphatic carbocycles. The maximum Gasteiger partial charge on any atom is 0.523 e. The number of benzene rings is 1. The first-order chi connectivity index (χ1) is 12.4. The second-order valence-corrected chi connectivity index (χ2v) is 8.59. The van der Waals surface area contributed by atoms with Gasteiger partial charge in [-0.25, -0.2) is 4.79 Å². The van der Waals surface area contributed by atoms with Gasteiger partial charge < -0.3 is 4.74 Å². The number of ether oxygens (including phenoxy) is 1. The molecule has 0 aliphatic rings. The molecule has 0 bridgehead atoms. The Morgan fingerprint density at radius 1 is 1.04 bits per heavy atom. The molecule has 160 valence electrons. The van der Waals surface area contributed by atoms with Crippen molar-refractivity contribution in [1.82, 2.24) is 0 Å². The summed E-state index contributed by atoms with van der Waals surface area (Å²) in [6.45, 7) is 5.63. The number of halogens is 5. The van der Waals surface area contributed by atoms with Crippen LogP contribution in [0.4, 0.5) is 32.4 Å². The van der Waals surface area contributed by atoms with E-state index in [2.05, 4.69) is 9.50 Å². The van der Waals surface area contributed by atoms with E-state index in [4.69, 9.17) is 4.74 Å². The third kappa shape index (κ3) is 6.30. The monoisotopic (exact) mass is 433 g/mol. The number of carbonyl (C=O) groups is 1. The number of nitrogens with one attached hydrogen (secondary N) is 1. The summed E-state index contributed by atoms with van der Waals surface area (Å²) in [6.07, 6.45) is -0.821. The van der Waals surface area contributed by atoms with Crippen LogP contribution in [0.1, 0.15) is 37.5 Å². The van der Waals surface area contributed by atoms with Gasteiger partial charge in [0.25, 0.3) is 5.92 Å². The number of alkyl halides is 5. The first kappa shape index (κ1) is 24.1. The molecule has 6 nitrogen and oxygen atoms in total. The van der Waals surface area contributed by atoms with Crippen molar-refractivity contribution in [1.29, 1.82) is 0 Å². The van der Waals surface area contributed by atoms with Crippen molar-refractivity contribution in [2.24, 2.45) is 0 Å². The maximum absolute atomic E-state index is 14.2. The molecule has 12 heteroatoms. The second-order valence-electron chi connectivity index (χ2n) is 6.98. The van der Waals surface area contributed by atoms with Crippen molar-refractivity contribution in [3.8, 4) is 0 Å². The van der Waals surface area contributed by atoms with Gasteiger partial charge in [-0.1, -0.05) is 0 Å². The lowest BCUT2D eigenvalue weighted by molar-refractivity contribution is -0.0747. The molecule has 0 aliphatic heterocycles. The quantitative estimate of drug-likeness (QED) is 0.417. The van der Waals surface area contributed by atoms with Crippen LogP contribution < -0.4 is 5.32 Å². The van der Waals surface area contributed by atoms with Crippen LogP contribution >= 0.6 is 0 Å². The zero-order valence-corrected chi connectivity index (χ0v) is 16.5. The molecule has 0 fully saturated rings. The minimum absolute atomic E-state index is 0.166. The topological polar surface area (TPSA) is 81.7 Å². The molecule has 0 heterocycles. The lowest BCUT2D eigenvalue weighted by Gasteiger charge is -2.22. The van der Waals surface area contributed by atoms with E-state index in [-0.39, 0.29) is 16.8 Å². The smallest absolute Gasteiger partial charge is 0.444 e. The predicted octanol–water partition coefficient (Wildman–Crippen LogP) is 4.61. The van der Waals surface area contributed by atoms with E-state index in [1.807, 2.05) is 0 Å². The Kier molecular flexibility index (Phi) is 6.73. The fourth-order valence-corrected chi connectivity index (χ4v) is 2.52. The largest absolute Gasteiger partial charge is 0.523 e. The molecule has 1 N–H and O–H groups in total. The minimum Gasteiger partial charge on any atom is -0.444 e. The molecule has 1 rings (SSSR count). The van der Waals surface area contributed by atoms with E-state index < -0.39 is 45.4 Å². The lowest BCUT2D eigenvalue weighted by Crippen LogP contribution is -2.31. The Morgan fingerprint density at radius 2 is 1.50 bits per heavy atom. The molecule has 28 heavy (non-hydrogen) atoms. The molecule has 0 saturated heterocycles. The summed E-state index contributed by atoms with van der Waals surface area (Å²) in [5.41, 5.74) is -6.86. The fraction of sp³-hybridized carbons (Fsp3) is 0.562. The van der Waals surface area contributed by atoms with E-state index in [1.165, 1.54) is 13.8 Å². The highest BCUT2D eigenvalue weighted by Gasteiger charge is 2.49. The first-order valence-electron chi connectivity index (χ1n) is 7.81. The van der Waals surface area contributed by atoms with Crippen molar-refractivity contribution >= 4 is 21.9 Å². The van der Waals surface area contributed by atoms with E-state index in [0.29, 0.717) is 0 Å². The van der Waals surface area contributed by atoms with Crippen molar-refractivity contribution in [2.45, 2.75) is 51.7 Å². The zero-order chi connectivity index (χ0) is 22.1. The van der Waals surface area contributed by atoms with Gasteiger partial charge in [0.1, 0.15) is 12.2 Å². The lowest BCUT2D eigenvalue weighted by atomic mass is 10.0. The summed E-state index contributed by atoms with van der Waals surface area (Å²) in [5, 5.41) is 2.41. The van der Waals surface area contributed by atoms with Gasteiger partial charge in [0, 0.05) is 11.3 Å². The highest BCUT2D eigenvalue weighted by Crippen LogP contribution is 2.35. The molecule has 1 amide bonds. The Morgan fingerprint density at radius 3 is 1.89 bits per heavy atom. The van der Waals surface area contributed by atoms with Gasteiger partial charge in [-0.05, 0) is 57.9 Å². The number of carbonyl (C=O) groups excluding carboxylic acids is 1. The molecular formula is C16H20F5NO5S. The molecule has 0 saturated carbocycles. The fourth-order valence-electron chi connectivity index (χ4n) is 2.08. The molecular weight excluding hydrogens is 413 g/mol. The number of hydrogen-bond acceptors (Lipinski definition) is 5. The summed E-state index contributed by atoms with van der Waals surface area (Å²) in [5.74, 6) is -4.03. The SMILES string of the molecule is Cc1cc(C(F)(F)COS(=O)(=O)C(F)(F)F)cc(C)c1NC(=O)OC(C)(C)C. The van der Waals surface area contributed by atoms with Crippen LogP contribution in [-0.2, 0) is 25.0 Å². The molecule has 0 unspecified atom stereocenters. The normalized spacial score (nSPS) is 13.4. The van der Waals surface area contributed by atoms with Crippen LogP contribution in [0.5, 0.6) is 0 Å². The third-order valence-electron chi connectivity index (χ3n) is 3.26.